The molecule has 1 N–H and O–H groups in total. The van der Waals surface area contributed by atoms with E-state index >= 15 is 0 Å². The molecule has 0 spiro atoms. The Morgan fingerprint density at radius 3 is 2.43 bits per heavy atom. The fourth-order valence-corrected chi connectivity index (χ4v) is 5.72. The zero-order valence-corrected chi connectivity index (χ0v) is 18.2. The number of rotatable bonds is 7. The molecule has 0 amide bonds. The van der Waals surface area contributed by atoms with Crippen LogP contribution in [0.2, 0.25) is 0 Å². The number of hydrogen-bond donors (Lipinski definition) is 1. The molecule has 1 atom stereocenters. The van der Waals surface area contributed by atoms with Crippen LogP contribution in [0, 0.1) is 6.92 Å². The van der Waals surface area contributed by atoms with Gasteiger partial charge in [-0.2, -0.15) is 4.98 Å². The van der Waals surface area contributed by atoms with Crippen LogP contribution in [0.3, 0.4) is 0 Å². The number of sulfonamides is 1. The second kappa shape index (κ2) is 8.51. The van der Waals surface area contributed by atoms with Gasteiger partial charge in [-0.05, 0) is 24.5 Å². The van der Waals surface area contributed by atoms with Crippen molar-refractivity contribution in [2.45, 2.75) is 24.7 Å². The third-order valence-electron chi connectivity index (χ3n) is 4.78. The number of thiophene rings is 1. The number of hydrogen-bond acceptors (Lipinski definition) is 6. The van der Waals surface area contributed by atoms with Crippen molar-refractivity contribution in [2.75, 3.05) is 6.54 Å². The summed E-state index contributed by atoms with van der Waals surface area (Å²) in [7, 11) is -3.66. The largest absolute Gasteiger partial charge is 0.333 e. The number of aryl methyl sites for hydroxylation is 1. The summed E-state index contributed by atoms with van der Waals surface area (Å²) in [4.78, 5) is 5.95. The highest BCUT2D eigenvalue weighted by molar-refractivity contribution is 7.89. The van der Waals surface area contributed by atoms with Crippen molar-refractivity contribution in [3.05, 3.63) is 77.2 Å². The number of nitrogens with one attached hydrogen (secondary N) is 1. The minimum atomic E-state index is -3.66. The number of benzene rings is 2. The first-order valence-corrected chi connectivity index (χ1v) is 11.8. The molecule has 0 radical (unpaired) electrons. The molecule has 6 nitrogen and oxygen atoms in total. The fourth-order valence-electron chi connectivity index (χ4n) is 3.08. The lowest BCUT2D eigenvalue weighted by Crippen LogP contribution is -2.27. The average Bonchev–Trinajstić information content (AvgIpc) is 3.41. The van der Waals surface area contributed by atoms with Gasteiger partial charge in [-0.15, -0.1) is 11.3 Å². The molecule has 2 heterocycles. The summed E-state index contributed by atoms with van der Waals surface area (Å²) in [6.45, 7) is 4.08. The van der Waals surface area contributed by atoms with Crippen molar-refractivity contribution < 1.29 is 12.9 Å². The lowest BCUT2D eigenvalue weighted by Gasteiger charge is -2.13. The van der Waals surface area contributed by atoms with Gasteiger partial charge in [0.2, 0.25) is 15.8 Å². The standard InChI is InChI=1S/C22H21N3O3S2/c1-15(17-9-5-3-6-10-17)14-23-30(26,27)20-13-19(29-16(20)2)22-24-21(25-28-22)18-11-7-4-8-12-18/h3-13,15,23H,14H2,1-2H3/t15-/m1/s1. The van der Waals surface area contributed by atoms with Gasteiger partial charge in [0.15, 0.2) is 0 Å². The molecule has 2 aromatic carbocycles. The van der Waals surface area contributed by atoms with Gasteiger partial charge in [-0.1, -0.05) is 72.7 Å². The molecule has 0 aliphatic heterocycles. The maximum absolute atomic E-state index is 12.9. The zero-order chi connectivity index (χ0) is 21.1. The normalized spacial score (nSPS) is 12.7. The van der Waals surface area contributed by atoms with Gasteiger partial charge in [-0.3, -0.25) is 0 Å². The van der Waals surface area contributed by atoms with Gasteiger partial charge >= 0.3 is 0 Å². The van der Waals surface area contributed by atoms with E-state index in [0.29, 0.717) is 28.0 Å². The van der Waals surface area contributed by atoms with Crippen LogP contribution in [0.15, 0.2) is 76.1 Å². The first-order valence-electron chi connectivity index (χ1n) is 9.48. The molecule has 0 unspecified atom stereocenters. The summed E-state index contributed by atoms with van der Waals surface area (Å²) in [5, 5.41) is 4.01. The molecule has 0 saturated carbocycles. The maximum Gasteiger partial charge on any atom is 0.268 e. The summed E-state index contributed by atoms with van der Waals surface area (Å²) in [5.41, 5.74) is 1.92. The van der Waals surface area contributed by atoms with Gasteiger partial charge < -0.3 is 4.52 Å². The molecule has 4 aromatic rings. The van der Waals surface area contributed by atoms with Crippen LogP contribution in [0.5, 0.6) is 0 Å². The molecule has 0 saturated heterocycles. The third-order valence-corrected chi connectivity index (χ3v) is 7.50. The Balaban J connectivity index is 1.53. The molecule has 4 rings (SSSR count). The third kappa shape index (κ3) is 4.35. The van der Waals surface area contributed by atoms with E-state index in [1.807, 2.05) is 67.6 Å². The Morgan fingerprint density at radius 2 is 1.73 bits per heavy atom. The second-order valence-corrected chi connectivity index (χ2v) is 9.98. The quantitative estimate of drug-likeness (QED) is 0.445. The highest BCUT2D eigenvalue weighted by atomic mass is 32.2. The molecule has 154 valence electrons. The van der Waals surface area contributed by atoms with Crippen molar-refractivity contribution in [2.24, 2.45) is 0 Å². The summed E-state index contributed by atoms with van der Waals surface area (Å²) in [5.74, 6) is 0.834. The Labute approximate surface area is 179 Å². The van der Waals surface area contributed by atoms with Crippen LogP contribution in [0.4, 0.5) is 0 Å². The van der Waals surface area contributed by atoms with Gasteiger partial charge in [0.1, 0.15) is 0 Å². The Morgan fingerprint density at radius 1 is 1.07 bits per heavy atom. The zero-order valence-electron chi connectivity index (χ0n) is 16.6. The van der Waals surface area contributed by atoms with Crippen LogP contribution in [-0.4, -0.2) is 25.1 Å². The first-order chi connectivity index (χ1) is 14.4. The van der Waals surface area contributed by atoms with Gasteiger partial charge in [-0.25, -0.2) is 13.1 Å². The van der Waals surface area contributed by atoms with Gasteiger partial charge in [0.25, 0.3) is 5.89 Å². The number of aromatic nitrogens is 2. The lowest BCUT2D eigenvalue weighted by molar-refractivity contribution is 0.433. The van der Waals surface area contributed by atoms with Crippen molar-refractivity contribution in [1.29, 1.82) is 0 Å². The van der Waals surface area contributed by atoms with Crippen LogP contribution in [0.25, 0.3) is 22.2 Å². The molecule has 0 fully saturated rings. The second-order valence-electron chi connectivity index (χ2n) is 6.98. The minimum absolute atomic E-state index is 0.0590. The van der Waals surface area contributed by atoms with E-state index in [4.69, 9.17) is 4.52 Å². The van der Waals surface area contributed by atoms with Gasteiger partial charge in [0.05, 0.1) is 9.77 Å². The van der Waals surface area contributed by atoms with Crippen molar-refractivity contribution in [3.8, 4) is 22.2 Å². The fraction of sp³-hybridized carbons (Fsp3) is 0.182. The van der Waals surface area contributed by atoms with Crippen LogP contribution in [-0.2, 0) is 10.0 Å². The predicted octanol–water partition coefficient (Wildman–Crippen LogP) is 4.86. The lowest BCUT2D eigenvalue weighted by atomic mass is 10.0. The molecular formula is C22H21N3O3S2. The molecule has 8 heteroatoms. The van der Waals surface area contributed by atoms with E-state index in [9.17, 15) is 8.42 Å². The summed E-state index contributed by atoms with van der Waals surface area (Å²) in [6, 6.07) is 20.9. The van der Waals surface area contributed by atoms with Crippen molar-refractivity contribution >= 4 is 21.4 Å². The SMILES string of the molecule is Cc1sc(-c2nc(-c3ccccc3)no2)cc1S(=O)(=O)NC[C@@H](C)c1ccccc1. The summed E-state index contributed by atoms with van der Waals surface area (Å²) >= 11 is 1.32. The minimum Gasteiger partial charge on any atom is -0.333 e. The molecule has 0 aliphatic carbocycles. The van der Waals surface area contributed by atoms with E-state index < -0.39 is 10.0 Å². The van der Waals surface area contributed by atoms with E-state index in [1.54, 1.807) is 13.0 Å². The summed E-state index contributed by atoms with van der Waals surface area (Å²) < 4.78 is 33.9. The highest BCUT2D eigenvalue weighted by Gasteiger charge is 2.23. The van der Waals surface area contributed by atoms with E-state index in [1.165, 1.54) is 11.3 Å². The molecule has 0 bridgehead atoms. The van der Waals surface area contributed by atoms with E-state index in [0.717, 1.165) is 11.1 Å². The van der Waals surface area contributed by atoms with Crippen molar-refractivity contribution in [1.82, 2.24) is 14.9 Å². The topological polar surface area (TPSA) is 85.1 Å². The summed E-state index contributed by atoms with van der Waals surface area (Å²) in [6.07, 6.45) is 0. The number of nitrogens with zero attached hydrogens (tertiary/aromatic N) is 2. The highest BCUT2D eigenvalue weighted by Crippen LogP contribution is 2.33. The first kappa shape index (κ1) is 20.5. The van der Waals surface area contributed by atoms with Crippen molar-refractivity contribution in [3.63, 3.8) is 0 Å². The van der Waals surface area contributed by atoms with Crippen LogP contribution in [0.1, 0.15) is 23.3 Å². The molecule has 0 aliphatic rings. The van der Waals surface area contributed by atoms with Gasteiger partial charge in [0, 0.05) is 17.0 Å². The molecule has 2 aromatic heterocycles. The maximum atomic E-state index is 12.9. The molecular weight excluding hydrogens is 418 g/mol. The Bertz CT molecular complexity index is 1230. The average molecular weight is 440 g/mol. The smallest absolute Gasteiger partial charge is 0.268 e. The van der Waals surface area contributed by atoms with Crippen LogP contribution < -0.4 is 4.72 Å². The Kier molecular flexibility index (Phi) is 5.80. The molecule has 30 heavy (non-hydrogen) atoms. The monoisotopic (exact) mass is 439 g/mol. The predicted molar refractivity (Wildman–Crippen MR) is 118 cm³/mol. The van der Waals surface area contributed by atoms with E-state index in [-0.39, 0.29) is 10.8 Å². The Hall–Kier alpha value is -2.81. The van der Waals surface area contributed by atoms with Crippen LogP contribution >= 0.6 is 11.3 Å². The van der Waals surface area contributed by atoms with E-state index in [2.05, 4.69) is 14.9 Å².